The standard InChI is InChI=1S/C24H29ClN2O/c1-17(19-8-4-9-22(25)15-19)23(16-27-10-5-11-27)26-24(28)14-18-12-20-6-2-3-7-21(20)13-18/h2-4,6-9,15,17-18,23H,5,10-14,16H2,1H3,(H,26,28)/t17-,23-/m1/s1. The van der Waals surface area contributed by atoms with Gasteiger partial charge in [-0.2, -0.15) is 0 Å². The molecule has 4 rings (SSSR count). The van der Waals surface area contributed by atoms with Crippen LogP contribution in [0.5, 0.6) is 0 Å². The van der Waals surface area contributed by atoms with Gasteiger partial charge in [0.1, 0.15) is 0 Å². The minimum Gasteiger partial charge on any atom is -0.351 e. The summed E-state index contributed by atoms with van der Waals surface area (Å²) < 4.78 is 0. The van der Waals surface area contributed by atoms with Gasteiger partial charge in [-0.1, -0.05) is 54.9 Å². The molecule has 0 bridgehead atoms. The Morgan fingerprint density at radius 2 is 1.86 bits per heavy atom. The maximum atomic E-state index is 12.9. The number of amides is 1. The number of nitrogens with zero attached hydrogens (tertiary/aromatic N) is 1. The second kappa shape index (κ2) is 8.67. The van der Waals surface area contributed by atoms with Crippen LogP contribution in [-0.2, 0) is 17.6 Å². The number of fused-ring (bicyclic) bond motifs is 1. The van der Waals surface area contributed by atoms with Gasteiger partial charge in [0.15, 0.2) is 0 Å². The first-order valence-electron chi connectivity index (χ1n) is 10.4. The zero-order valence-corrected chi connectivity index (χ0v) is 17.3. The highest BCUT2D eigenvalue weighted by molar-refractivity contribution is 6.30. The summed E-state index contributed by atoms with van der Waals surface area (Å²) in [5.74, 6) is 0.824. The van der Waals surface area contributed by atoms with Crippen molar-refractivity contribution in [2.75, 3.05) is 19.6 Å². The first-order chi connectivity index (χ1) is 13.6. The number of nitrogens with one attached hydrogen (secondary N) is 1. The molecule has 1 fully saturated rings. The summed E-state index contributed by atoms with van der Waals surface area (Å²) in [6, 6.07) is 16.7. The van der Waals surface area contributed by atoms with Crippen LogP contribution in [0.15, 0.2) is 48.5 Å². The monoisotopic (exact) mass is 396 g/mol. The minimum absolute atomic E-state index is 0.107. The first-order valence-corrected chi connectivity index (χ1v) is 10.8. The van der Waals surface area contributed by atoms with Crippen LogP contribution in [0, 0.1) is 5.92 Å². The lowest BCUT2D eigenvalue weighted by Gasteiger charge is -2.37. The number of benzene rings is 2. The van der Waals surface area contributed by atoms with Gasteiger partial charge in [-0.25, -0.2) is 0 Å². The number of carbonyl (C=O) groups is 1. The van der Waals surface area contributed by atoms with Gasteiger partial charge in [-0.15, -0.1) is 0 Å². The maximum absolute atomic E-state index is 12.9. The zero-order valence-electron chi connectivity index (χ0n) is 16.5. The van der Waals surface area contributed by atoms with Crippen molar-refractivity contribution in [2.24, 2.45) is 5.92 Å². The highest BCUT2D eigenvalue weighted by atomic mass is 35.5. The highest BCUT2D eigenvalue weighted by Crippen LogP contribution is 2.29. The van der Waals surface area contributed by atoms with Crippen molar-refractivity contribution < 1.29 is 4.79 Å². The summed E-state index contributed by atoms with van der Waals surface area (Å²) >= 11 is 6.20. The van der Waals surface area contributed by atoms with Crippen LogP contribution < -0.4 is 5.32 Å². The Labute approximate surface area is 173 Å². The van der Waals surface area contributed by atoms with Crippen LogP contribution in [-0.4, -0.2) is 36.5 Å². The Morgan fingerprint density at radius 1 is 1.14 bits per heavy atom. The number of hydrogen-bond acceptors (Lipinski definition) is 2. The number of likely N-dealkylation sites (tertiary alicyclic amines) is 1. The molecular formula is C24H29ClN2O. The number of rotatable bonds is 7. The summed E-state index contributed by atoms with van der Waals surface area (Å²) in [7, 11) is 0. The summed E-state index contributed by atoms with van der Waals surface area (Å²) in [5.41, 5.74) is 4.00. The van der Waals surface area contributed by atoms with E-state index in [1.54, 1.807) is 0 Å². The molecule has 1 amide bonds. The molecule has 0 radical (unpaired) electrons. The van der Waals surface area contributed by atoms with Gasteiger partial charge in [0.05, 0.1) is 0 Å². The van der Waals surface area contributed by atoms with E-state index in [-0.39, 0.29) is 17.9 Å². The van der Waals surface area contributed by atoms with Crippen molar-refractivity contribution in [1.29, 1.82) is 0 Å². The zero-order chi connectivity index (χ0) is 19.5. The molecule has 2 aliphatic rings. The normalized spacial score (nSPS) is 18.9. The van der Waals surface area contributed by atoms with Gasteiger partial charge in [0.2, 0.25) is 5.91 Å². The Bertz CT molecular complexity index is 808. The van der Waals surface area contributed by atoms with Crippen molar-refractivity contribution >= 4 is 17.5 Å². The van der Waals surface area contributed by atoms with E-state index in [1.165, 1.54) is 23.1 Å². The third kappa shape index (κ3) is 4.59. The molecule has 2 aromatic rings. The van der Waals surface area contributed by atoms with Crippen LogP contribution in [0.2, 0.25) is 5.02 Å². The van der Waals surface area contributed by atoms with Crippen molar-refractivity contribution in [2.45, 2.75) is 44.6 Å². The molecule has 1 saturated heterocycles. The molecule has 0 spiro atoms. The number of hydrogen-bond donors (Lipinski definition) is 1. The Hall–Kier alpha value is -1.84. The van der Waals surface area contributed by atoms with Gasteiger partial charge < -0.3 is 10.2 Å². The summed E-state index contributed by atoms with van der Waals surface area (Å²) in [5, 5.41) is 4.12. The van der Waals surface area contributed by atoms with Crippen molar-refractivity contribution in [3.05, 3.63) is 70.2 Å². The fourth-order valence-electron chi connectivity index (χ4n) is 4.52. The van der Waals surface area contributed by atoms with E-state index in [2.05, 4.69) is 47.5 Å². The van der Waals surface area contributed by atoms with Crippen molar-refractivity contribution in [1.82, 2.24) is 10.2 Å². The molecule has 0 unspecified atom stereocenters. The summed E-state index contributed by atoms with van der Waals surface area (Å²) in [6.07, 6.45) is 3.90. The molecule has 4 heteroatoms. The number of carbonyl (C=O) groups excluding carboxylic acids is 1. The molecule has 1 N–H and O–H groups in total. The lowest BCUT2D eigenvalue weighted by atomic mass is 9.91. The van der Waals surface area contributed by atoms with E-state index in [4.69, 9.17) is 11.6 Å². The van der Waals surface area contributed by atoms with E-state index < -0.39 is 0 Å². The third-order valence-corrected chi connectivity index (χ3v) is 6.57. The minimum atomic E-state index is 0.107. The van der Waals surface area contributed by atoms with Crippen LogP contribution >= 0.6 is 11.6 Å². The molecule has 1 aliphatic heterocycles. The molecule has 1 heterocycles. The maximum Gasteiger partial charge on any atom is 0.220 e. The highest BCUT2D eigenvalue weighted by Gasteiger charge is 2.28. The molecule has 2 aromatic carbocycles. The van der Waals surface area contributed by atoms with Gasteiger partial charge in [0.25, 0.3) is 0 Å². The van der Waals surface area contributed by atoms with E-state index >= 15 is 0 Å². The fraction of sp³-hybridized carbons (Fsp3) is 0.458. The average molecular weight is 397 g/mol. The van der Waals surface area contributed by atoms with Crippen LogP contribution in [0.25, 0.3) is 0 Å². The molecule has 28 heavy (non-hydrogen) atoms. The largest absolute Gasteiger partial charge is 0.351 e. The second-order valence-corrected chi connectivity index (χ2v) is 8.86. The van der Waals surface area contributed by atoms with Gasteiger partial charge in [0, 0.05) is 29.9 Å². The van der Waals surface area contributed by atoms with E-state index in [0.717, 1.165) is 37.5 Å². The smallest absolute Gasteiger partial charge is 0.220 e. The third-order valence-electron chi connectivity index (χ3n) is 6.34. The van der Waals surface area contributed by atoms with Crippen molar-refractivity contribution in [3.63, 3.8) is 0 Å². The van der Waals surface area contributed by atoms with Gasteiger partial charge in [-0.3, -0.25) is 4.79 Å². The summed E-state index contributed by atoms with van der Waals surface area (Å²) in [6.45, 7) is 5.37. The molecule has 0 saturated carbocycles. The molecule has 148 valence electrons. The van der Waals surface area contributed by atoms with E-state index in [0.29, 0.717) is 12.3 Å². The molecule has 0 aromatic heterocycles. The molecule has 3 nitrogen and oxygen atoms in total. The van der Waals surface area contributed by atoms with Crippen LogP contribution in [0.4, 0.5) is 0 Å². The van der Waals surface area contributed by atoms with E-state index in [1.807, 2.05) is 18.2 Å². The predicted octanol–water partition coefficient (Wildman–Crippen LogP) is 4.44. The van der Waals surface area contributed by atoms with Gasteiger partial charge in [-0.05, 0) is 67.1 Å². The molecule has 2 atom stereocenters. The molecule has 1 aliphatic carbocycles. The van der Waals surface area contributed by atoms with E-state index in [9.17, 15) is 4.79 Å². The fourth-order valence-corrected chi connectivity index (χ4v) is 4.71. The Kier molecular flexibility index (Phi) is 6.03. The lowest BCUT2D eigenvalue weighted by Crippen LogP contribution is -2.50. The lowest BCUT2D eigenvalue weighted by molar-refractivity contribution is -0.123. The van der Waals surface area contributed by atoms with Crippen molar-refractivity contribution in [3.8, 4) is 0 Å². The topological polar surface area (TPSA) is 32.3 Å². The van der Waals surface area contributed by atoms with Gasteiger partial charge >= 0.3 is 0 Å². The summed E-state index contributed by atoms with van der Waals surface area (Å²) in [4.78, 5) is 15.3. The average Bonchev–Trinajstić information content (AvgIpc) is 3.05. The number of halogens is 1. The predicted molar refractivity (Wildman–Crippen MR) is 115 cm³/mol. The van der Waals surface area contributed by atoms with Crippen LogP contribution in [0.3, 0.4) is 0 Å². The SMILES string of the molecule is C[C@H](c1cccc(Cl)c1)[C@@H](CN1CCC1)NC(=O)CC1Cc2ccccc2C1. The second-order valence-electron chi connectivity index (χ2n) is 8.42. The quantitative estimate of drug-likeness (QED) is 0.750. The Balaban J connectivity index is 1.39. The Morgan fingerprint density at radius 3 is 2.46 bits per heavy atom. The first kappa shape index (κ1) is 19.5. The molecular weight excluding hydrogens is 368 g/mol. The van der Waals surface area contributed by atoms with Crippen LogP contribution in [0.1, 0.15) is 42.4 Å².